The maximum Gasteiger partial charge on any atom is 0.236 e. The zero-order valence-corrected chi connectivity index (χ0v) is 18.0. The molecule has 0 aliphatic carbocycles. The molecule has 0 radical (unpaired) electrons. The molecule has 150 valence electrons. The molecule has 0 aliphatic rings. The Balaban J connectivity index is 1.33. The summed E-state index contributed by atoms with van der Waals surface area (Å²) in [4.78, 5) is 17.8. The Morgan fingerprint density at radius 1 is 0.967 bits per heavy atom. The number of ether oxygens (including phenoxy) is 1. The second kappa shape index (κ2) is 9.61. The first-order valence-electron chi connectivity index (χ1n) is 9.44. The first-order chi connectivity index (χ1) is 14.7. The second-order valence-corrected chi connectivity index (χ2v) is 8.53. The molecule has 1 amide bonds. The number of thiazole rings is 1. The molecule has 4 aromatic rings. The molecule has 30 heavy (non-hydrogen) atoms. The van der Waals surface area contributed by atoms with Crippen molar-refractivity contribution in [2.24, 2.45) is 0 Å². The van der Waals surface area contributed by atoms with Crippen molar-refractivity contribution < 1.29 is 9.53 Å². The van der Waals surface area contributed by atoms with Crippen molar-refractivity contribution in [2.75, 3.05) is 11.1 Å². The lowest BCUT2D eigenvalue weighted by Crippen LogP contribution is -2.13. The molecule has 1 N–H and O–H groups in total. The number of benzene rings is 3. The van der Waals surface area contributed by atoms with Gasteiger partial charge in [-0.15, -0.1) is 23.1 Å². The third kappa shape index (κ3) is 5.49. The molecule has 1 heterocycles. The summed E-state index contributed by atoms with van der Waals surface area (Å²) in [5.41, 5.74) is 3.01. The van der Waals surface area contributed by atoms with Gasteiger partial charge in [-0.05, 0) is 55.5 Å². The molecule has 0 spiro atoms. The van der Waals surface area contributed by atoms with E-state index < -0.39 is 0 Å². The normalized spacial score (nSPS) is 10.6. The predicted octanol–water partition coefficient (Wildman–Crippen LogP) is 6.64. The smallest absolute Gasteiger partial charge is 0.236 e. The highest BCUT2D eigenvalue weighted by molar-refractivity contribution is 8.00. The summed E-state index contributed by atoms with van der Waals surface area (Å²) >= 11 is 2.93. The number of rotatable bonds is 7. The van der Waals surface area contributed by atoms with Crippen LogP contribution in [-0.2, 0) is 4.79 Å². The lowest BCUT2D eigenvalue weighted by molar-refractivity contribution is -0.113. The molecule has 0 unspecified atom stereocenters. The van der Waals surface area contributed by atoms with Gasteiger partial charge in [-0.2, -0.15) is 0 Å². The van der Waals surface area contributed by atoms with Gasteiger partial charge in [0.1, 0.15) is 11.5 Å². The molecule has 0 atom stereocenters. The molecule has 0 aliphatic heterocycles. The number of hydrogen-bond acceptors (Lipinski definition) is 5. The van der Waals surface area contributed by atoms with Crippen LogP contribution in [0.3, 0.4) is 0 Å². The van der Waals surface area contributed by atoms with Crippen molar-refractivity contribution in [3.8, 4) is 22.8 Å². The van der Waals surface area contributed by atoms with E-state index in [2.05, 4.69) is 10.3 Å². The SMILES string of the molecule is Cc1ccc(SCC(=O)Nc2nc(-c3ccc(Oc4ccccc4)cc3)cs2)cc1. The number of amides is 1. The first kappa shape index (κ1) is 20.2. The van der Waals surface area contributed by atoms with Crippen LogP contribution in [-0.4, -0.2) is 16.6 Å². The average Bonchev–Trinajstić information content (AvgIpc) is 3.23. The molecule has 0 saturated heterocycles. The maximum absolute atomic E-state index is 12.2. The Kier molecular flexibility index (Phi) is 6.47. The van der Waals surface area contributed by atoms with Gasteiger partial charge in [-0.25, -0.2) is 4.98 Å². The summed E-state index contributed by atoms with van der Waals surface area (Å²) in [6.45, 7) is 2.05. The molecular weight excluding hydrogens is 412 g/mol. The molecule has 0 fully saturated rings. The fourth-order valence-corrected chi connectivity index (χ4v) is 4.16. The number of aromatic nitrogens is 1. The summed E-state index contributed by atoms with van der Waals surface area (Å²) in [7, 11) is 0. The molecule has 1 aromatic heterocycles. The van der Waals surface area contributed by atoms with Gasteiger partial charge in [-0.3, -0.25) is 4.79 Å². The number of hydrogen-bond donors (Lipinski definition) is 1. The first-order valence-corrected chi connectivity index (χ1v) is 11.3. The van der Waals surface area contributed by atoms with Crippen LogP contribution < -0.4 is 10.1 Å². The Morgan fingerprint density at radius 2 is 1.67 bits per heavy atom. The van der Waals surface area contributed by atoms with Crippen LogP contribution in [0.5, 0.6) is 11.5 Å². The number of para-hydroxylation sites is 1. The van der Waals surface area contributed by atoms with E-state index >= 15 is 0 Å². The topological polar surface area (TPSA) is 51.2 Å². The van der Waals surface area contributed by atoms with E-state index in [0.29, 0.717) is 10.9 Å². The second-order valence-electron chi connectivity index (χ2n) is 6.63. The van der Waals surface area contributed by atoms with Crippen LogP contribution in [0.15, 0.2) is 89.1 Å². The minimum absolute atomic E-state index is 0.0620. The van der Waals surface area contributed by atoms with Crippen LogP contribution >= 0.6 is 23.1 Å². The lowest BCUT2D eigenvalue weighted by Gasteiger charge is -2.06. The highest BCUT2D eigenvalue weighted by Crippen LogP contribution is 2.28. The van der Waals surface area contributed by atoms with Crippen molar-refractivity contribution in [1.29, 1.82) is 0 Å². The van der Waals surface area contributed by atoms with Crippen LogP contribution in [0.1, 0.15) is 5.56 Å². The number of carbonyl (C=O) groups excluding carboxylic acids is 1. The van der Waals surface area contributed by atoms with Gasteiger partial charge in [0.05, 0.1) is 11.4 Å². The molecule has 0 saturated carbocycles. The number of aryl methyl sites for hydroxylation is 1. The minimum atomic E-state index is -0.0620. The highest BCUT2D eigenvalue weighted by Gasteiger charge is 2.09. The van der Waals surface area contributed by atoms with Crippen molar-refractivity contribution in [2.45, 2.75) is 11.8 Å². The Bertz CT molecular complexity index is 1110. The van der Waals surface area contributed by atoms with Crippen LogP contribution in [0.25, 0.3) is 11.3 Å². The summed E-state index contributed by atoms with van der Waals surface area (Å²) in [5.74, 6) is 1.85. The van der Waals surface area contributed by atoms with E-state index in [1.54, 1.807) is 0 Å². The molecule has 4 rings (SSSR count). The van der Waals surface area contributed by atoms with E-state index in [1.165, 1.54) is 28.7 Å². The lowest BCUT2D eigenvalue weighted by atomic mass is 10.2. The summed E-state index contributed by atoms with van der Waals surface area (Å²) < 4.78 is 5.82. The van der Waals surface area contributed by atoms with Crippen LogP contribution in [0, 0.1) is 6.92 Å². The van der Waals surface area contributed by atoms with Gasteiger partial charge >= 0.3 is 0 Å². The number of nitrogens with one attached hydrogen (secondary N) is 1. The number of thioether (sulfide) groups is 1. The van der Waals surface area contributed by atoms with Crippen molar-refractivity contribution in [3.05, 3.63) is 89.8 Å². The average molecular weight is 433 g/mol. The maximum atomic E-state index is 12.2. The molecular formula is C24H20N2O2S2. The zero-order chi connectivity index (χ0) is 20.8. The van der Waals surface area contributed by atoms with Crippen molar-refractivity contribution in [1.82, 2.24) is 4.98 Å². The van der Waals surface area contributed by atoms with Crippen LogP contribution in [0.4, 0.5) is 5.13 Å². The van der Waals surface area contributed by atoms with Crippen molar-refractivity contribution >= 4 is 34.1 Å². The summed E-state index contributed by atoms with van der Waals surface area (Å²) in [6.07, 6.45) is 0. The quantitative estimate of drug-likeness (QED) is 0.333. The van der Waals surface area contributed by atoms with Crippen molar-refractivity contribution in [3.63, 3.8) is 0 Å². The third-order valence-corrected chi connectivity index (χ3v) is 6.04. The van der Waals surface area contributed by atoms with Gasteiger partial charge in [0, 0.05) is 15.8 Å². The van der Waals surface area contributed by atoms with Gasteiger partial charge in [0.2, 0.25) is 5.91 Å². The molecule has 4 nitrogen and oxygen atoms in total. The fraction of sp³-hybridized carbons (Fsp3) is 0.0833. The van der Waals surface area contributed by atoms with Gasteiger partial charge in [-0.1, -0.05) is 35.9 Å². The fourth-order valence-electron chi connectivity index (χ4n) is 2.72. The van der Waals surface area contributed by atoms with E-state index in [0.717, 1.165) is 27.7 Å². The number of anilines is 1. The Morgan fingerprint density at radius 3 is 2.40 bits per heavy atom. The van der Waals surface area contributed by atoms with E-state index in [4.69, 9.17) is 4.74 Å². The summed E-state index contributed by atoms with van der Waals surface area (Å²) in [6, 6.07) is 25.6. The van der Waals surface area contributed by atoms with Crippen LogP contribution in [0.2, 0.25) is 0 Å². The molecule has 3 aromatic carbocycles. The standard InChI is InChI=1S/C24H20N2O2S2/c1-17-7-13-21(14-8-17)29-16-23(27)26-24-25-22(15-30-24)18-9-11-20(12-10-18)28-19-5-3-2-4-6-19/h2-15H,16H2,1H3,(H,25,26,27). The van der Waals surface area contributed by atoms with Gasteiger partial charge in [0.15, 0.2) is 5.13 Å². The monoisotopic (exact) mass is 432 g/mol. The minimum Gasteiger partial charge on any atom is -0.457 e. The Hall–Kier alpha value is -3.09. The van der Waals surface area contributed by atoms with E-state index in [-0.39, 0.29) is 5.91 Å². The Labute approximate surface area is 184 Å². The zero-order valence-electron chi connectivity index (χ0n) is 16.4. The molecule has 6 heteroatoms. The number of carbonyl (C=O) groups is 1. The van der Waals surface area contributed by atoms with Gasteiger partial charge in [0.25, 0.3) is 0 Å². The molecule has 0 bridgehead atoms. The number of nitrogens with zero attached hydrogens (tertiary/aromatic N) is 1. The summed E-state index contributed by atoms with van der Waals surface area (Å²) in [5, 5.41) is 5.42. The highest BCUT2D eigenvalue weighted by atomic mass is 32.2. The van der Waals surface area contributed by atoms with Gasteiger partial charge < -0.3 is 10.1 Å². The third-order valence-electron chi connectivity index (χ3n) is 4.27. The predicted molar refractivity (Wildman–Crippen MR) is 125 cm³/mol. The van der Waals surface area contributed by atoms with E-state index in [9.17, 15) is 4.79 Å². The largest absolute Gasteiger partial charge is 0.457 e. The van der Waals surface area contributed by atoms with E-state index in [1.807, 2.05) is 91.2 Å².